The number of pyridine rings is 1. The molecule has 9 heteroatoms. The van der Waals surface area contributed by atoms with E-state index in [9.17, 15) is 0 Å². The third kappa shape index (κ3) is 4.31. The number of nitrogens with one attached hydrogen (secondary N) is 2. The van der Waals surface area contributed by atoms with Gasteiger partial charge in [0.1, 0.15) is 11.6 Å². The molecule has 3 aliphatic heterocycles. The van der Waals surface area contributed by atoms with E-state index in [2.05, 4.69) is 83.7 Å². The van der Waals surface area contributed by atoms with E-state index in [0.29, 0.717) is 12.6 Å². The molecule has 0 unspecified atom stereocenters. The van der Waals surface area contributed by atoms with Crippen LogP contribution in [-0.2, 0) is 20.4 Å². The number of nitrogens with zero attached hydrogens (tertiary/aromatic N) is 5. The highest BCUT2D eigenvalue weighted by atomic mass is 16.5. The second kappa shape index (κ2) is 9.39. The summed E-state index contributed by atoms with van der Waals surface area (Å²) >= 11 is 0. The minimum Gasteiger partial charge on any atom is -0.378 e. The molecule has 0 spiro atoms. The maximum atomic E-state index is 6.38. The second-order valence-corrected chi connectivity index (χ2v) is 12.5. The molecular weight excluding hydrogens is 502 g/mol. The SMILES string of the molecule is CNC1(c2cccc(N3c4nc(Nc5ccc(N6CCOCC6)cc5)ncc4[C@@]4(C)COC(C)(C)C[C@@H]34)n2)CC1. The summed E-state index contributed by atoms with van der Waals surface area (Å²) in [5.41, 5.74) is 3.89. The highest BCUT2D eigenvalue weighted by Crippen LogP contribution is 2.53. The van der Waals surface area contributed by atoms with Crippen LogP contribution in [0, 0.1) is 0 Å². The average molecular weight is 542 g/mol. The van der Waals surface area contributed by atoms with Gasteiger partial charge >= 0.3 is 0 Å². The van der Waals surface area contributed by atoms with Crippen molar-refractivity contribution >= 4 is 29.0 Å². The van der Waals surface area contributed by atoms with Crippen LogP contribution in [0.25, 0.3) is 0 Å². The van der Waals surface area contributed by atoms with Crippen molar-refractivity contribution in [3.8, 4) is 0 Å². The lowest BCUT2D eigenvalue weighted by Gasteiger charge is -2.46. The van der Waals surface area contributed by atoms with E-state index in [0.717, 1.165) is 74.1 Å². The molecule has 0 amide bonds. The summed E-state index contributed by atoms with van der Waals surface area (Å²) in [4.78, 5) is 19.8. The third-order valence-electron chi connectivity index (χ3n) is 9.31. The van der Waals surface area contributed by atoms with E-state index in [4.69, 9.17) is 24.4 Å². The minimum atomic E-state index is -0.235. The van der Waals surface area contributed by atoms with Crippen LogP contribution in [-0.4, -0.2) is 66.6 Å². The topological polar surface area (TPSA) is 87.7 Å². The van der Waals surface area contributed by atoms with Crippen molar-refractivity contribution in [2.45, 2.75) is 62.6 Å². The lowest BCUT2D eigenvalue weighted by molar-refractivity contribution is -0.0893. The van der Waals surface area contributed by atoms with E-state index in [1.165, 1.54) is 5.69 Å². The molecule has 4 aliphatic rings. The largest absolute Gasteiger partial charge is 0.378 e. The highest BCUT2D eigenvalue weighted by molar-refractivity contribution is 5.71. The Morgan fingerprint density at radius 3 is 2.48 bits per heavy atom. The van der Waals surface area contributed by atoms with Gasteiger partial charge in [-0.05, 0) is 76.6 Å². The molecular formula is C31H39N7O2. The first kappa shape index (κ1) is 25.7. The molecule has 1 aromatic carbocycles. The van der Waals surface area contributed by atoms with Gasteiger partial charge in [-0.2, -0.15) is 4.98 Å². The average Bonchev–Trinajstić information content (AvgIpc) is 3.74. The molecule has 210 valence electrons. The molecule has 3 fully saturated rings. The van der Waals surface area contributed by atoms with Crippen LogP contribution < -0.4 is 20.4 Å². The van der Waals surface area contributed by atoms with Crippen molar-refractivity contribution in [1.29, 1.82) is 0 Å². The van der Waals surface area contributed by atoms with Gasteiger partial charge in [0.05, 0.1) is 42.7 Å². The van der Waals surface area contributed by atoms with E-state index in [1.54, 1.807) is 0 Å². The molecule has 3 aromatic rings. The van der Waals surface area contributed by atoms with Crippen LogP contribution >= 0.6 is 0 Å². The molecule has 2 aromatic heterocycles. The minimum absolute atomic E-state index is 0.0113. The normalized spacial score (nSPS) is 26.2. The predicted octanol–water partition coefficient (Wildman–Crippen LogP) is 4.64. The number of fused-ring (bicyclic) bond motifs is 3. The Hall–Kier alpha value is -3.27. The smallest absolute Gasteiger partial charge is 0.229 e. The first-order valence-electron chi connectivity index (χ1n) is 14.5. The standard InChI is InChI=1S/C31H39N7O2/c1-29(2)18-25-30(3,20-40-29)23-19-33-28(34-21-8-10-22(11-9-21)37-14-16-39-17-15-37)36-27(23)38(25)26-7-5-6-24(35-26)31(32-4)12-13-31/h5-11,19,25,32H,12-18,20H2,1-4H3,(H,33,34,36)/t25-,30-/m1/s1. The summed E-state index contributed by atoms with van der Waals surface area (Å²) in [6.45, 7) is 10.6. The fraction of sp³-hybridized carbons (Fsp3) is 0.516. The number of morpholine rings is 1. The molecule has 2 saturated heterocycles. The Balaban J connectivity index is 1.23. The number of anilines is 5. The molecule has 2 atom stereocenters. The van der Waals surface area contributed by atoms with Crippen LogP contribution in [0.5, 0.6) is 0 Å². The number of hydrogen-bond donors (Lipinski definition) is 2. The summed E-state index contributed by atoms with van der Waals surface area (Å²) in [5, 5.41) is 6.94. The van der Waals surface area contributed by atoms with Gasteiger partial charge in [0.15, 0.2) is 0 Å². The summed E-state index contributed by atoms with van der Waals surface area (Å²) in [7, 11) is 2.03. The van der Waals surface area contributed by atoms with Gasteiger partial charge in [-0.25, -0.2) is 9.97 Å². The molecule has 0 radical (unpaired) electrons. The van der Waals surface area contributed by atoms with Gasteiger partial charge in [-0.3, -0.25) is 0 Å². The predicted molar refractivity (Wildman–Crippen MR) is 157 cm³/mol. The summed E-state index contributed by atoms with van der Waals surface area (Å²) in [5.74, 6) is 2.43. The summed E-state index contributed by atoms with van der Waals surface area (Å²) in [6.07, 6.45) is 5.08. The van der Waals surface area contributed by atoms with E-state index < -0.39 is 0 Å². The number of ether oxygens (including phenoxy) is 2. The van der Waals surface area contributed by atoms with Crippen molar-refractivity contribution in [2.75, 3.05) is 55.1 Å². The zero-order chi connectivity index (χ0) is 27.5. The first-order valence-corrected chi connectivity index (χ1v) is 14.5. The summed E-state index contributed by atoms with van der Waals surface area (Å²) in [6, 6.07) is 15.0. The second-order valence-electron chi connectivity index (χ2n) is 12.5. The van der Waals surface area contributed by atoms with Crippen LogP contribution in [0.15, 0.2) is 48.7 Å². The van der Waals surface area contributed by atoms with Crippen molar-refractivity contribution in [3.05, 3.63) is 59.9 Å². The van der Waals surface area contributed by atoms with Crippen LogP contribution in [0.1, 0.15) is 51.3 Å². The third-order valence-corrected chi connectivity index (χ3v) is 9.31. The molecule has 40 heavy (non-hydrogen) atoms. The maximum Gasteiger partial charge on any atom is 0.229 e. The lowest BCUT2D eigenvalue weighted by atomic mass is 9.73. The zero-order valence-electron chi connectivity index (χ0n) is 23.9. The zero-order valence-corrected chi connectivity index (χ0v) is 23.9. The Morgan fingerprint density at radius 2 is 1.75 bits per heavy atom. The lowest BCUT2D eigenvalue weighted by Crippen LogP contribution is -2.54. The molecule has 0 bridgehead atoms. The molecule has 1 aliphatic carbocycles. The van der Waals surface area contributed by atoms with Crippen LogP contribution in [0.4, 0.5) is 29.0 Å². The van der Waals surface area contributed by atoms with E-state index >= 15 is 0 Å². The Labute approximate surface area is 236 Å². The van der Waals surface area contributed by atoms with Crippen molar-refractivity contribution < 1.29 is 9.47 Å². The van der Waals surface area contributed by atoms with Crippen molar-refractivity contribution in [2.24, 2.45) is 0 Å². The van der Waals surface area contributed by atoms with Gasteiger partial charge in [-0.1, -0.05) is 13.0 Å². The monoisotopic (exact) mass is 541 g/mol. The molecule has 2 N–H and O–H groups in total. The van der Waals surface area contributed by atoms with Gasteiger partial charge < -0.3 is 29.9 Å². The van der Waals surface area contributed by atoms with Crippen molar-refractivity contribution in [3.63, 3.8) is 0 Å². The molecule has 1 saturated carbocycles. The highest BCUT2D eigenvalue weighted by Gasteiger charge is 2.55. The first-order chi connectivity index (χ1) is 19.3. The fourth-order valence-corrected chi connectivity index (χ4v) is 6.55. The fourth-order valence-electron chi connectivity index (χ4n) is 6.55. The van der Waals surface area contributed by atoms with Crippen LogP contribution in [0.2, 0.25) is 0 Å². The number of rotatable bonds is 6. The van der Waals surface area contributed by atoms with Crippen LogP contribution in [0.3, 0.4) is 0 Å². The maximum absolute atomic E-state index is 6.38. The van der Waals surface area contributed by atoms with Gasteiger partial charge in [0, 0.05) is 41.6 Å². The number of hydrogen-bond acceptors (Lipinski definition) is 9. The molecule has 7 rings (SSSR count). The number of aromatic nitrogens is 3. The Kier molecular flexibility index (Phi) is 6.03. The van der Waals surface area contributed by atoms with Gasteiger partial charge in [0.2, 0.25) is 5.95 Å². The Bertz CT molecular complexity index is 1400. The molecule has 5 heterocycles. The van der Waals surface area contributed by atoms with E-state index in [1.807, 2.05) is 13.2 Å². The molecule has 9 nitrogen and oxygen atoms in total. The Morgan fingerprint density at radius 1 is 0.975 bits per heavy atom. The number of benzene rings is 1. The summed E-state index contributed by atoms with van der Waals surface area (Å²) < 4.78 is 11.9. The quantitative estimate of drug-likeness (QED) is 0.464. The van der Waals surface area contributed by atoms with E-state index in [-0.39, 0.29) is 22.6 Å². The van der Waals surface area contributed by atoms with Gasteiger partial charge in [0.25, 0.3) is 0 Å². The van der Waals surface area contributed by atoms with Crippen molar-refractivity contribution in [1.82, 2.24) is 20.3 Å². The van der Waals surface area contributed by atoms with Gasteiger partial charge in [-0.15, -0.1) is 0 Å².